The number of ether oxygens (including phenoxy) is 2. The van der Waals surface area contributed by atoms with E-state index >= 15 is 0 Å². The summed E-state index contributed by atoms with van der Waals surface area (Å²) in [7, 11) is -1.15. The molecule has 0 saturated carbocycles. The zero-order valence-electron chi connectivity index (χ0n) is 18.9. The summed E-state index contributed by atoms with van der Waals surface area (Å²) in [6, 6.07) is 2.89. The van der Waals surface area contributed by atoms with Gasteiger partial charge < -0.3 is 14.4 Å². The van der Waals surface area contributed by atoms with Crippen LogP contribution in [0.15, 0.2) is 18.5 Å². The Hall–Kier alpha value is -2.26. The van der Waals surface area contributed by atoms with Gasteiger partial charge in [0.1, 0.15) is 18.0 Å². The van der Waals surface area contributed by atoms with Gasteiger partial charge in [-0.15, -0.1) is 0 Å². The summed E-state index contributed by atoms with van der Waals surface area (Å²) in [5, 5.41) is 4.76. The van der Waals surface area contributed by atoms with Crippen LogP contribution in [0.2, 0.25) is 25.7 Å². The van der Waals surface area contributed by atoms with Crippen molar-refractivity contribution in [2.45, 2.75) is 71.8 Å². The molecule has 0 spiro atoms. The van der Waals surface area contributed by atoms with E-state index in [4.69, 9.17) is 14.6 Å². The topological polar surface area (TPSA) is 82.4 Å². The van der Waals surface area contributed by atoms with E-state index in [-0.39, 0.29) is 6.09 Å². The normalized spacial score (nSPS) is 14.5. The van der Waals surface area contributed by atoms with Crippen molar-refractivity contribution in [1.29, 1.82) is 0 Å². The van der Waals surface area contributed by atoms with Crippen LogP contribution in [-0.2, 0) is 29.2 Å². The van der Waals surface area contributed by atoms with Crippen molar-refractivity contribution >= 4 is 14.2 Å². The van der Waals surface area contributed by atoms with Crippen LogP contribution >= 0.6 is 0 Å². The van der Waals surface area contributed by atoms with Crippen LogP contribution in [0.1, 0.15) is 32.0 Å². The third-order valence-corrected chi connectivity index (χ3v) is 6.48. The van der Waals surface area contributed by atoms with Gasteiger partial charge in [0.05, 0.1) is 6.54 Å². The summed E-state index contributed by atoms with van der Waals surface area (Å²) in [6.07, 6.45) is 3.78. The van der Waals surface area contributed by atoms with Gasteiger partial charge in [-0.2, -0.15) is 5.10 Å². The Kier molecular flexibility index (Phi) is 6.61. The molecule has 2 aromatic rings. The number of nitrogens with zero attached hydrogens (tertiary/aromatic N) is 5. The Balaban J connectivity index is 1.82. The monoisotopic (exact) mass is 431 g/mol. The molecule has 2 aromatic heterocycles. The number of aromatic nitrogens is 4. The Morgan fingerprint density at radius 1 is 1.20 bits per heavy atom. The Labute approximate surface area is 179 Å². The number of carbonyl (C=O) groups is 1. The van der Waals surface area contributed by atoms with E-state index in [1.165, 1.54) is 0 Å². The summed E-state index contributed by atoms with van der Waals surface area (Å²) in [6.45, 7) is 14.8. The van der Waals surface area contributed by atoms with E-state index in [9.17, 15) is 4.79 Å². The maximum absolute atomic E-state index is 12.6. The van der Waals surface area contributed by atoms with Gasteiger partial charge in [-0.3, -0.25) is 0 Å². The minimum absolute atomic E-state index is 0.313. The predicted molar refractivity (Wildman–Crippen MR) is 118 cm³/mol. The number of hydrogen-bond donors (Lipinski definition) is 0. The molecule has 3 rings (SSSR count). The lowest BCUT2D eigenvalue weighted by atomic mass is 10.1. The number of hydrogen-bond acceptors (Lipinski definition) is 6. The molecule has 0 aromatic carbocycles. The highest BCUT2D eigenvalue weighted by molar-refractivity contribution is 6.76. The van der Waals surface area contributed by atoms with Gasteiger partial charge >= 0.3 is 6.09 Å². The minimum Gasteiger partial charge on any atom is -0.444 e. The number of carbonyl (C=O) groups excluding carboxylic acids is 1. The lowest BCUT2D eigenvalue weighted by molar-refractivity contribution is 0.0219. The summed E-state index contributed by atoms with van der Waals surface area (Å²) in [5.74, 6) is 0.556. The quantitative estimate of drug-likeness (QED) is 0.509. The van der Waals surface area contributed by atoms with E-state index in [1.807, 2.05) is 25.5 Å². The first-order valence-corrected chi connectivity index (χ1v) is 14.2. The van der Waals surface area contributed by atoms with E-state index in [1.54, 1.807) is 23.4 Å². The summed E-state index contributed by atoms with van der Waals surface area (Å²) >= 11 is 0. The molecule has 0 aliphatic carbocycles. The van der Waals surface area contributed by atoms with Gasteiger partial charge in [-0.1, -0.05) is 19.6 Å². The molecule has 1 aliphatic heterocycles. The average Bonchev–Trinajstić information content (AvgIpc) is 3.02. The molecular formula is C21H33N5O3Si. The van der Waals surface area contributed by atoms with Crippen LogP contribution in [0, 0.1) is 0 Å². The van der Waals surface area contributed by atoms with E-state index in [0.29, 0.717) is 37.8 Å². The first-order chi connectivity index (χ1) is 14.0. The van der Waals surface area contributed by atoms with Crippen molar-refractivity contribution in [3.8, 4) is 11.5 Å². The predicted octanol–water partition coefficient (Wildman–Crippen LogP) is 3.95. The maximum atomic E-state index is 12.6. The fourth-order valence-corrected chi connectivity index (χ4v) is 3.97. The smallest absolute Gasteiger partial charge is 0.410 e. The largest absolute Gasteiger partial charge is 0.444 e. The lowest BCUT2D eigenvalue weighted by Gasteiger charge is -2.30. The minimum atomic E-state index is -1.15. The van der Waals surface area contributed by atoms with E-state index < -0.39 is 13.7 Å². The first kappa shape index (κ1) is 22.4. The van der Waals surface area contributed by atoms with E-state index in [2.05, 4.69) is 29.6 Å². The summed E-state index contributed by atoms with van der Waals surface area (Å²) in [4.78, 5) is 23.1. The fraction of sp³-hybridized carbons (Fsp3) is 0.619. The number of amides is 1. The standard InChI is InChI=1S/C21H33N5O3Si/c1-21(2,3)29-20(27)25-11-8-17-16(14-25)18(19-22-9-7-10-23-19)24-26(17)15-28-12-13-30(4,5)6/h7,9-10H,8,11-15H2,1-6H3. The van der Waals surface area contributed by atoms with Crippen molar-refractivity contribution < 1.29 is 14.3 Å². The van der Waals surface area contributed by atoms with Crippen LogP contribution in [0.5, 0.6) is 0 Å². The molecule has 0 atom stereocenters. The van der Waals surface area contributed by atoms with Crippen molar-refractivity contribution in [2.24, 2.45) is 0 Å². The molecular weight excluding hydrogens is 398 g/mol. The van der Waals surface area contributed by atoms with Crippen LogP contribution in [0.25, 0.3) is 11.5 Å². The Bertz CT molecular complexity index is 871. The Morgan fingerprint density at radius 2 is 1.90 bits per heavy atom. The van der Waals surface area contributed by atoms with Gasteiger partial charge in [-0.25, -0.2) is 19.4 Å². The maximum Gasteiger partial charge on any atom is 0.410 e. The third kappa shape index (κ3) is 5.88. The Morgan fingerprint density at radius 3 is 2.53 bits per heavy atom. The van der Waals surface area contributed by atoms with E-state index in [0.717, 1.165) is 23.9 Å². The van der Waals surface area contributed by atoms with Crippen LogP contribution in [0.4, 0.5) is 4.79 Å². The average molecular weight is 432 g/mol. The van der Waals surface area contributed by atoms with Crippen LogP contribution in [-0.4, -0.2) is 57.6 Å². The molecule has 0 unspecified atom stereocenters. The van der Waals surface area contributed by atoms with Gasteiger partial charge in [0.25, 0.3) is 0 Å². The molecule has 1 aliphatic rings. The molecule has 9 heteroatoms. The van der Waals surface area contributed by atoms with Crippen LogP contribution in [0.3, 0.4) is 0 Å². The van der Waals surface area contributed by atoms with Gasteiger partial charge in [-0.05, 0) is 32.9 Å². The second kappa shape index (κ2) is 8.85. The molecule has 0 fully saturated rings. The first-order valence-electron chi connectivity index (χ1n) is 10.5. The second-order valence-corrected chi connectivity index (χ2v) is 15.5. The highest BCUT2D eigenvalue weighted by Gasteiger charge is 2.31. The highest BCUT2D eigenvalue weighted by atomic mass is 28.3. The molecule has 1 amide bonds. The van der Waals surface area contributed by atoms with Gasteiger partial charge in [0.2, 0.25) is 0 Å². The molecule has 164 valence electrons. The molecule has 0 bridgehead atoms. The molecule has 8 nitrogen and oxygen atoms in total. The lowest BCUT2D eigenvalue weighted by Crippen LogP contribution is -2.40. The molecule has 3 heterocycles. The summed E-state index contributed by atoms with van der Waals surface area (Å²) in [5.41, 5.74) is 2.21. The number of fused-ring (bicyclic) bond motifs is 1. The SMILES string of the molecule is CC(C)(C)OC(=O)N1CCc2c(c(-c3ncccn3)nn2COCC[Si](C)(C)C)C1. The zero-order valence-corrected chi connectivity index (χ0v) is 19.9. The molecule has 0 N–H and O–H groups in total. The number of rotatable bonds is 6. The van der Waals surface area contributed by atoms with Crippen molar-refractivity contribution in [3.63, 3.8) is 0 Å². The van der Waals surface area contributed by atoms with Gasteiger partial charge in [0, 0.05) is 51.3 Å². The molecule has 30 heavy (non-hydrogen) atoms. The van der Waals surface area contributed by atoms with Crippen molar-refractivity contribution in [1.82, 2.24) is 24.6 Å². The van der Waals surface area contributed by atoms with Crippen molar-refractivity contribution in [2.75, 3.05) is 13.2 Å². The third-order valence-electron chi connectivity index (χ3n) is 4.77. The second-order valence-electron chi connectivity index (χ2n) is 9.85. The van der Waals surface area contributed by atoms with Crippen molar-refractivity contribution in [3.05, 3.63) is 29.7 Å². The fourth-order valence-electron chi connectivity index (χ4n) is 3.21. The molecule has 0 radical (unpaired) electrons. The molecule has 0 saturated heterocycles. The van der Waals surface area contributed by atoms with Gasteiger partial charge in [0.15, 0.2) is 5.82 Å². The summed E-state index contributed by atoms with van der Waals surface area (Å²) < 4.78 is 13.4. The highest BCUT2D eigenvalue weighted by Crippen LogP contribution is 2.29. The zero-order chi connectivity index (χ0) is 21.9. The van der Waals surface area contributed by atoms with Crippen LogP contribution < -0.4 is 0 Å².